The van der Waals surface area contributed by atoms with E-state index in [2.05, 4.69) is 24.1 Å². The quantitative estimate of drug-likeness (QED) is 0.461. The van der Waals surface area contributed by atoms with E-state index in [0.29, 0.717) is 11.8 Å². The summed E-state index contributed by atoms with van der Waals surface area (Å²) in [6, 6.07) is 0. The monoisotopic (exact) mass is 119 g/mol. The van der Waals surface area contributed by atoms with Crippen LogP contribution in [0.1, 0.15) is 6.92 Å². The van der Waals surface area contributed by atoms with E-state index in [1.54, 1.807) is 0 Å². The Hall–Kier alpha value is -0.850. The van der Waals surface area contributed by atoms with E-state index in [9.17, 15) is 0 Å². The van der Waals surface area contributed by atoms with Gasteiger partial charge in [-0.15, -0.1) is 0 Å². The van der Waals surface area contributed by atoms with Crippen LogP contribution >= 0.6 is 0 Å². The highest BCUT2D eigenvalue weighted by Crippen LogP contribution is 2.30. The van der Waals surface area contributed by atoms with Crippen molar-refractivity contribution in [1.82, 2.24) is 0 Å². The number of hydrogen-bond donors (Lipinski definition) is 0. The molecule has 0 aromatic rings. The van der Waals surface area contributed by atoms with Gasteiger partial charge in [0.05, 0.1) is 0 Å². The summed E-state index contributed by atoms with van der Waals surface area (Å²) < 4.78 is 0. The third-order valence-corrected chi connectivity index (χ3v) is 2.10. The molecule has 0 amide bonds. The minimum Gasteiger partial charge on any atom is -0.268 e. The highest BCUT2D eigenvalue weighted by Gasteiger charge is 2.22. The molecular formula is C8H9N. The van der Waals surface area contributed by atoms with E-state index in [4.69, 9.17) is 0 Å². The van der Waals surface area contributed by atoms with E-state index in [1.807, 2.05) is 12.4 Å². The normalized spacial score (nSPS) is 37.2. The predicted molar refractivity (Wildman–Crippen MR) is 38.4 cm³/mol. The van der Waals surface area contributed by atoms with E-state index >= 15 is 0 Å². The van der Waals surface area contributed by atoms with Crippen LogP contribution in [0.3, 0.4) is 0 Å². The molecule has 1 nitrogen and oxygen atoms in total. The molecule has 0 aromatic heterocycles. The van der Waals surface area contributed by atoms with Gasteiger partial charge < -0.3 is 0 Å². The van der Waals surface area contributed by atoms with Crippen LogP contribution in [0.25, 0.3) is 0 Å². The summed E-state index contributed by atoms with van der Waals surface area (Å²) in [5.41, 5.74) is 1.38. The summed E-state index contributed by atoms with van der Waals surface area (Å²) in [6.45, 7) is 2.24. The van der Waals surface area contributed by atoms with Crippen LogP contribution in [0.15, 0.2) is 28.9 Å². The molecule has 0 fully saturated rings. The second kappa shape index (κ2) is 1.56. The molecule has 0 saturated heterocycles. The molecule has 0 saturated carbocycles. The first-order valence-corrected chi connectivity index (χ1v) is 3.29. The summed E-state index contributed by atoms with van der Waals surface area (Å²) in [7, 11) is 0. The fourth-order valence-corrected chi connectivity index (χ4v) is 1.33. The average molecular weight is 119 g/mol. The smallest absolute Gasteiger partial charge is 0.0299 e. The summed E-state index contributed by atoms with van der Waals surface area (Å²) in [5.74, 6) is 1.27. The van der Waals surface area contributed by atoms with Gasteiger partial charge in [-0.2, -0.15) is 0 Å². The lowest BCUT2D eigenvalue weighted by Gasteiger charge is -2.13. The molecule has 2 unspecified atom stereocenters. The van der Waals surface area contributed by atoms with Crippen molar-refractivity contribution >= 4 is 6.21 Å². The third kappa shape index (κ3) is 0.576. The number of nitrogens with zero attached hydrogens (tertiary/aromatic N) is 1. The van der Waals surface area contributed by atoms with Crippen molar-refractivity contribution in [2.45, 2.75) is 6.92 Å². The van der Waals surface area contributed by atoms with E-state index in [-0.39, 0.29) is 0 Å². The summed E-state index contributed by atoms with van der Waals surface area (Å²) >= 11 is 0. The Morgan fingerprint density at radius 3 is 3.11 bits per heavy atom. The zero-order valence-corrected chi connectivity index (χ0v) is 5.41. The van der Waals surface area contributed by atoms with Crippen molar-refractivity contribution < 1.29 is 0 Å². The molecule has 1 aliphatic carbocycles. The second-order valence-electron chi connectivity index (χ2n) is 2.65. The van der Waals surface area contributed by atoms with E-state index in [1.165, 1.54) is 5.57 Å². The Morgan fingerprint density at radius 1 is 1.56 bits per heavy atom. The molecule has 2 rings (SSSR count). The Labute approximate surface area is 54.8 Å². The van der Waals surface area contributed by atoms with Crippen molar-refractivity contribution in [2.75, 3.05) is 0 Å². The van der Waals surface area contributed by atoms with Crippen LogP contribution in [0, 0.1) is 11.8 Å². The van der Waals surface area contributed by atoms with Gasteiger partial charge in [-0.1, -0.05) is 19.1 Å². The lowest BCUT2D eigenvalue weighted by Crippen LogP contribution is -2.09. The Balaban J connectivity index is 2.45. The van der Waals surface area contributed by atoms with Gasteiger partial charge >= 0.3 is 0 Å². The molecule has 0 radical (unpaired) electrons. The maximum atomic E-state index is 4.10. The lowest BCUT2D eigenvalue weighted by molar-refractivity contribution is 0.645. The Bertz CT molecular complexity index is 209. The van der Waals surface area contributed by atoms with Crippen LogP contribution in [-0.4, -0.2) is 6.21 Å². The van der Waals surface area contributed by atoms with E-state index in [0.717, 1.165) is 0 Å². The minimum atomic E-state index is 0.588. The third-order valence-electron chi connectivity index (χ3n) is 2.10. The van der Waals surface area contributed by atoms with Gasteiger partial charge in [0, 0.05) is 18.3 Å². The molecule has 0 spiro atoms. The van der Waals surface area contributed by atoms with Crippen molar-refractivity contribution in [3.8, 4) is 0 Å². The number of allylic oxidation sites excluding steroid dienone is 3. The van der Waals surface area contributed by atoms with Crippen molar-refractivity contribution in [3.05, 3.63) is 23.9 Å². The first-order chi connectivity index (χ1) is 4.38. The first-order valence-electron chi connectivity index (χ1n) is 3.29. The number of hydrogen-bond acceptors (Lipinski definition) is 1. The highest BCUT2D eigenvalue weighted by molar-refractivity contribution is 5.69. The van der Waals surface area contributed by atoms with Gasteiger partial charge in [-0.3, -0.25) is 4.99 Å². The zero-order chi connectivity index (χ0) is 6.27. The average Bonchev–Trinajstić information content (AvgIpc) is 2.19. The molecule has 2 bridgehead atoms. The van der Waals surface area contributed by atoms with Crippen LogP contribution in [0.2, 0.25) is 0 Å². The van der Waals surface area contributed by atoms with Crippen molar-refractivity contribution in [2.24, 2.45) is 16.8 Å². The molecule has 1 heterocycles. The fourth-order valence-electron chi connectivity index (χ4n) is 1.33. The van der Waals surface area contributed by atoms with Crippen LogP contribution in [-0.2, 0) is 0 Å². The predicted octanol–water partition coefficient (Wildman–Crippen LogP) is 1.78. The zero-order valence-electron chi connectivity index (χ0n) is 5.41. The maximum Gasteiger partial charge on any atom is 0.0299 e. The van der Waals surface area contributed by atoms with Gasteiger partial charge in [0.1, 0.15) is 0 Å². The van der Waals surface area contributed by atoms with Crippen LogP contribution in [0.5, 0.6) is 0 Å². The SMILES string of the molecule is CC1C2=CN=CC1C=C2. The van der Waals surface area contributed by atoms with E-state index < -0.39 is 0 Å². The standard InChI is InChI=1S/C8H9N/c1-6-7-2-3-8(6)5-9-4-7/h2-7H,1H3. The number of rotatable bonds is 0. The minimum absolute atomic E-state index is 0.588. The number of aliphatic imine (C=N–C) groups is 1. The molecular weight excluding hydrogens is 110 g/mol. The molecule has 0 aromatic carbocycles. The molecule has 1 heteroatoms. The van der Waals surface area contributed by atoms with Gasteiger partial charge in [0.2, 0.25) is 0 Å². The maximum absolute atomic E-state index is 4.10. The second-order valence-corrected chi connectivity index (χ2v) is 2.65. The fraction of sp³-hybridized carbons (Fsp3) is 0.375. The molecule has 9 heavy (non-hydrogen) atoms. The van der Waals surface area contributed by atoms with Crippen molar-refractivity contribution in [3.63, 3.8) is 0 Å². The van der Waals surface area contributed by atoms with Gasteiger partial charge in [0.15, 0.2) is 0 Å². The Morgan fingerprint density at radius 2 is 2.44 bits per heavy atom. The van der Waals surface area contributed by atoms with Crippen LogP contribution in [0.4, 0.5) is 0 Å². The van der Waals surface area contributed by atoms with Gasteiger partial charge in [-0.25, -0.2) is 0 Å². The molecule has 0 N–H and O–H groups in total. The molecule has 1 aliphatic heterocycles. The first kappa shape index (κ1) is 4.98. The molecule has 46 valence electrons. The van der Waals surface area contributed by atoms with Crippen molar-refractivity contribution in [1.29, 1.82) is 0 Å². The number of fused-ring (bicyclic) bond motifs is 2. The lowest BCUT2D eigenvalue weighted by atomic mass is 9.94. The largest absolute Gasteiger partial charge is 0.268 e. The van der Waals surface area contributed by atoms with Gasteiger partial charge in [-0.05, 0) is 11.5 Å². The molecule has 2 atom stereocenters. The Kier molecular flexibility index (Phi) is 0.865. The summed E-state index contributed by atoms with van der Waals surface area (Å²) in [4.78, 5) is 4.10. The van der Waals surface area contributed by atoms with Crippen LogP contribution < -0.4 is 0 Å². The summed E-state index contributed by atoms with van der Waals surface area (Å²) in [6.07, 6.45) is 8.34. The summed E-state index contributed by atoms with van der Waals surface area (Å²) in [5, 5.41) is 0. The topological polar surface area (TPSA) is 12.4 Å². The molecule has 2 aliphatic rings. The highest BCUT2D eigenvalue weighted by atomic mass is 14.7. The van der Waals surface area contributed by atoms with Gasteiger partial charge in [0.25, 0.3) is 0 Å².